The maximum atomic E-state index is 11.1. The Morgan fingerprint density at radius 3 is 2.45 bits per heavy atom. The van der Waals surface area contributed by atoms with Crippen molar-refractivity contribution in [3.05, 3.63) is 70.1 Å². The highest BCUT2D eigenvalue weighted by molar-refractivity contribution is 5.73. The fourth-order valence-corrected chi connectivity index (χ4v) is 2.30. The topological polar surface area (TPSA) is 66.7 Å². The highest BCUT2D eigenvalue weighted by Crippen LogP contribution is 2.34. The summed E-state index contributed by atoms with van der Waals surface area (Å²) < 4.78 is 0. The molecular weight excluding hydrogens is 254 g/mol. The van der Waals surface area contributed by atoms with Crippen LogP contribution in [-0.4, -0.2) is 11.1 Å². The molecule has 0 saturated carbocycles. The molecule has 0 aliphatic heterocycles. The Balaban J connectivity index is 2.46. The largest absolute Gasteiger partial charge is 0.481 e. The molecule has 0 fully saturated rings. The molecule has 0 aromatic heterocycles. The normalized spacial score (nSPS) is 11.8. The number of hydrogen-bond donors (Lipinski definition) is 1. The van der Waals surface area contributed by atoms with Gasteiger partial charge in [-0.3, -0.25) is 4.79 Å². The molecule has 4 heteroatoms. The van der Waals surface area contributed by atoms with Crippen LogP contribution in [0.4, 0.5) is 5.69 Å². The lowest BCUT2D eigenvalue weighted by molar-refractivity contribution is -0.136. The molecule has 1 atom stereocenters. The lowest BCUT2D eigenvalue weighted by Gasteiger charge is -2.15. The van der Waals surface area contributed by atoms with Crippen LogP contribution in [-0.2, 0) is 11.2 Å². The summed E-state index contributed by atoms with van der Waals surface area (Å²) in [5, 5.41) is 11.9. The Labute approximate surface area is 117 Å². The standard InChI is InChI=1S/C16H15NO3/c1-11(12-6-3-2-4-7-12)14-9-5-8-13(10-15(18)19)16(14)17-20/h2-9,11H,10H2,1H3,(H,18,19). The van der Waals surface area contributed by atoms with Crippen molar-refractivity contribution in [3.63, 3.8) is 0 Å². The highest BCUT2D eigenvalue weighted by atomic mass is 16.4. The van der Waals surface area contributed by atoms with E-state index < -0.39 is 5.97 Å². The van der Waals surface area contributed by atoms with E-state index in [2.05, 4.69) is 5.18 Å². The first-order valence-electron chi connectivity index (χ1n) is 6.35. The van der Waals surface area contributed by atoms with E-state index in [-0.39, 0.29) is 18.0 Å². The zero-order chi connectivity index (χ0) is 14.5. The molecule has 102 valence electrons. The first-order valence-corrected chi connectivity index (χ1v) is 6.35. The molecule has 2 aromatic carbocycles. The zero-order valence-electron chi connectivity index (χ0n) is 11.1. The first kappa shape index (κ1) is 13.9. The third-order valence-corrected chi connectivity index (χ3v) is 3.35. The Bertz CT molecular complexity index is 623. The Morgan fingerprint density at radius 2 is 1.85 bits per heavy atom. The number of hydrogen-bond acceptors (Lipinski definition) is 3. The van der Waals surface area contributed by atoms with Crippen LogP contribution < -0.4 is 0 Å². The van der Waals surface area contributed by atoms with Crippen LogP contribution in [0.25, 0.3) is 0 Å². The van der Waals surface area contributed by atoms with E-state index in [0.717, 1.165) is 11.1 Å². The first-order chi connectivity index (χ1) is 9.63. The van der Waals surface area contributed by atoms with E-state index >= 15 is 0 Å². The van der Waals surface area contributed by atoms with Crippen molar-refractivity contribution >= 4 is 11.7 Å². The van der Waals surface area contributed by atoms with Crippen LogP contribution in [0.2, 0.25) is 0 Å². The van der Waals surface area contributed by atoms with Gasteiger partial charge in [-0.2, -0.15) is 0 Å². The minimum Gasteiger partial charge on any atom is -0.481 e. The SMILES string of the molecule is CC(c1ccccc1)c1cccc(CC(=O)O)c1N=O. The number of aliphatic carboxylic acids is 1. The molecule has 2 aromatic rings. The van der Waals surface area contributed by atoms with Crippen molar-refractivity contribution in [1.82, 2.24) is 0 Å². The average Bonchev–Trinajstić information content (AvgIpc) is 2.46. The van der Waals surface area contributed by atoms with Gasteiger partial charge in [0.2, 0.25) is 0 Å². The number of benzene rings is 2. The third kappa shape index (κ3) is 2.91. The van der Waals surface area contributed by atoms with E-state index in [0.29, 0.717) is 5.56 Å². The predicted molar refractivity (Wildman–Crippen MR) is 77.2 cm³/mol. The summed E-state index contributed by atoms with van der Waals surface area (Å²) in [6.45, 7) is 1.98. The Hall–Kier alpha value is -2.49. The van der Waals surface area contributed by atoms with Crippen molar-refractivity contribution in [3.8, 4) is 0 Å². The van der Waals surface area contributed by atoms with Crippen molar-refractivity contribution < 1.29 is 9.90 Å². The molecule has 0 radical (unpaired) electrons. The molecule has 0 aliphatic carbocycles. The van der Waals surface area contributed by atoms with Gasteiger partial charge in [-0.15, -0.1) is 4.91 Å². The number of carboxylic acids is 1. The molecule has 20 heavy (non-hydrogen) atoms. The van der Waals surface area contributed by atoms with Crippen LogP contribution in [0, 0.1) is 4.91 Å². The van der Waals surface area contributed by atoms with E-state index in [1.54, 1.807) is 12.1 Å². The van der Waals surface area contributed by atoms with Gasteiger partial charge in [-0.25, -0.2) is 0 Å². The van der Waals surface area contributed by atoms with E-state index in [1.165, 1.54) is 0 Å². The van der Waals surface area contributed by atoms with Gasteiger partial charge in [-0.05, 0) is 21.9 Å². The molecule has 0 bridgehead atoms. The lowest BCUT2D eigenvalue weighted by Crippen LogP contribution is -2.03. The van der Waals surface area contributed by atoms with Crippen LogP contribution >= 0.6 is 0 Å². The van der Waals surface area contributed by atoms with Gasteiger partial charge in [0.1, 0.15) is 5.69 Å². The van der Waals surface area contributed by atoms with Gasteiger partial charge in [0.05, 0.1) is 6.42 Å². The van der Waals surface area contributed by atoms with Crippen molar-refractivity contribution in [1.29, 1.82) is 0 Å². The second-order valence-corrected chi connectivity index (χ2v) is 4.65. The quantitative estimate of drug-likeness (QED) is 0.838. The second kappa shape index (κ2) is 6.10. The maximum absolute atomic E-state index is 11.1. The number of rotatable bonds is 5. The van der Waals surface area contributed by atoms with Crippen molar-refractivity contribution in [2.45, 2.75) is 19.3 Å². The Morgan fingerprint density at radius 1 is 1.15 bits per heavy atom. The summed E-state index contributed by atoms with van der Waals surface area (Å²) in [6.07, 6.45) is -0.198. The van der Waals surface area contributed by atoms with Gasteiger partial charge in [0.15, 0.2) is 0 Å². The molecule has 0 amide bonds. The van der Waals surface area contributed by atoms with Crippen LogP contribution in [0.5, 0.6) is 0 Å². The molecule has 4 nitrogen and oxygen atoms in total. The van der Waals surface area contributed by atoms with E-state index in [4.69, 9.17) is 5.11 Å². The molecule has 0 aliphatic rings. The zero-order valence-corrected chi connectivity index (χ0v) is 11.1. The molecule has 0 heterocycles. The van der Waals surface area contributed by atoms with Gasteiger partial charge in [-0.1, -0.05) is 55.5 Å². The Kier molecular flexibility index (Phi) is 4.25. The number of carbonyl (C=O) groups is 1. The number of nitrogens with zero attached hydrogens (tertiary/aromatic N) is 1. The molecule has 2 rings (SSSR count). The van der Waals surface area contributed by atoms with E-state index in [9.17, 15) is 9.70 Å². The summed E-state index contributed by atoms with van der Waals surface area (Å²) in [4.78, 5) is 22.0. The fraction of sp³-hybridized carbons (Fsp3) is 0.188. The van der Waals surface area contributed by atoms with Crippen LogP contribution in [0.15, 0.2) is 53.7 Å². The smallest absolute Gasteiger partial charge is 0.307 e. The van der Waals surface area contributed by atoms with Gasteiger partial charge in [0.25, 0.3) is 0 Å². The molecule has 1 unspecified atom stereocenters. The third-order valence-electron chi connectivity index (χ3n) is 3.35. The summed E-state index contributed by atoms with van der Waals surface area (Å²) in [5.74, 6) is -0.989. The summed E-state index contributed by atoms with van der Waals surface area (Å²) in [6, 6.07) is 15.0. The fourth-order valence-electron chi connectivity index (χ4n) is 2.30. The van der Waals surface area contributed by atoms with Crippen molar-refractivity contribution in [2.24, 2.45) is 5.18 Å². The van der Waals surface area contributed by atoms with Crippen LogP contribution in [0.1, 0.15) is 29.5 Å². The molecule has 0 spiro atoms. The average molecular weight is 269 g/mol. The minimum absolute atomic E-state index is 0.0161. The molecule has 1 N–H and O–H groups in total. The predicted octanol–water partition coefficient (Wildman–Crippen LogP) is 3.86. The second-order valence-electron chi connectivity index (χ2n) is 4.65. The number of carboxylic acid groups (broad SMARTS) is 1. The number of nitroso groups, excluding NO2 is 1. The monoisotopic (exact) mass is 269 g/mol. The highest BCUT2D eigenvalue weighted by Gasteiger charge is 2.17. The van der Waals surface area contributed by atoms with Gasteiger partial charge < -0.3 is 5.11 Å². The summed E-state index contributed by atoms with van der Waals surface area (Å²) in [7, 11) is 0. The molecular formula is C16H15NO3. The van der Waals surface area contributed by atoms with Gasteiger partial charge in [0, 0.05) is 5.92 Å². The van der Waals surface area contributed by atoms with E-state index in [1.807, 2.05) is 43.3 Å². The summed E-state index contributed by atoms with van der Waals surface area (Å²) in [5.41, 5.74) is 2.51. The lowest BCUT2D eigenvalue weighted by atomic mass is 9.90. The minimum atomic E-state index is -0.973. The molecule has 0 saturated heterocycles. The van der Waals surface area contributed by atoms with Gasteiger partial charge >= 0.3 is 5.97 Å². The maximum Gasteiger partial charge on any atom is 0.307 e. The summed E-state index contributed by atoms with van der Waals surface area (Å²) >= 11 is 0. The van der Waals surface area contributed by atoms with Crippen LogP contribution in [0.3, 0.4) is 0 Å². The van der Waals surface area contributed by atoms with Crippen molar-refractivity contribution in [2.75, 3.05) is 0 Å².